The van der Waals surface area contributed by atoms with Gasteiger partial charge in [0.2, 0.25) is 6.29 Å². The van der Waals surface area contributed by atoms with Gasteiger partial charge in [0.05, 0.1) is 0 Å². The largest absolute Gasteiger partial charge is 0.463 e. The summed E-state index contributed by atoms with van der Waals surface area (Å²) in [5, 5.41) is 3.08. The van der Waals surface area contributed by atoms with Crippen LogP contribution in [0.1, 0.15) is 40.5 Å². The lowest BCUT2D eigenvalue weighted by atomic mass is 9.96. The fourth-order valence-electron chi connectivity index (χ4n) is 2.84. The summed E-state index contributed by atoms with van der Waals surface area (Å²) in [6, 6.07) is -0.849. The van der Waals surface area contributed by atoms with Crippen LogP contribution in [0.15, 0.2) is 0 Å². The third kappa shape index (κ3) is 8.50. The van der Waals surface area contributed by atoms with Crippen molar-refractivity contribution in [1.29, 1.82) is 0 Å². The first-order chi connectivity index (χ1) is 13.6. The minimum absolute atomic E-state index is 0.299. The Morgan fingerprint density at radius 1 is 0.931 bits per heavy atom. The maximum atomic E-state index is 11.7. The Hall–Kier alpha value is -2.64. The van der Waals surface area contributed by atoms with E-state index in [-0.39, 0.29) is 6.61 Å². The Kier molecular flexibility index (Phi) is 10.1. The van der Waals surface area contributed by atoms with E-state index in [0.717, 1.165) is 0 Å². The van der Waals surface area contributed by atoms with E-state index in [0.29, 0.717) is 19.4 Å². The zero-order chi connectivity index (χ0) is 22.0. The van der Waals surface area contributed by atoms with Gasteiger partial charge in [-0.2, -0.15) is 0 Å². The van der Waals surface area contributed by atoms with Crippen molar-refractivity contribution >= 4 is 23.9 Å². The maximum absolute atomic E-state index is 11.7. The molecule has 5 atom stereocenters. The van der Waals surface area contributed by atoms with Crippen molar-refractivity contribution in [2.45, 2.75) is 71.2 Å². The third-order valence-electron chi connectivity index (χ3n) is 3.86. The number of terminal acetylenes is 1. The van der Waals surface area contributed by atoms with Gasteiger partial charge in [0.15, 0.2) is 12.2 Å². The lowest BCUT2D eigenvalue weighted by Crippen LogP contribution is -2.66. The molecular weight excluding hydrogens is 386 g/mol. The second-order valence-electron chi connectivity index (χ2n) is 6.39. The van der Waals surface area contributed by atoms with Gasteiger partial charge in [-0.15, -0.1) is 12.3 Å². The van der Waals surface area contributed by atoms with Crippen LogP contribution in [0.3, 0.4) is 0 Å². The number of hydrogen-bond donors (Lipinski definition) is 1. The fourth-order valence-corrected chi connectivity index (χ4v) is 2.84. The van der Waals surface area contributed by atoms with Crippen molar-refractivity contribution in [2.24, 2.45) is 0 Å². The smallest absolute Gasteiger partial charge is 0.304 e. The second kappa shape index (κ2) is 12.0. The van der Waals surface area contributed by atoms with Gasteiger partial charge >= 0.3 is 23.9 Å². The molecular formula is C19H27NO9. The molecule has 0 radical (unpaired) electrons. The van der Waals surface area contributed by atoms with E-state index < -0.39 is 54.5 Å². The molecule has 0 aromatic carbocycles. The second-order valence-corrected chi connectivity index (χ2v) is 6.39. The number of carbonyl (C=O) groups is 4. The van der Waals surface area contributed by atoms with Crippen LogP contribution in [0.4, 0.5) is 0 Å². The molecule has 29 heavy (non-hydrogen) atoms. The first-order valence-electron chi connectivity index (χ1n) is 9.13. The van der Waals surface area contributed by atoms with Gasteiger partial charge in [-0.05, 0) is 13.0 Å². The lowest BCUT2D eigenvalue weighted by Gasteiger charge is -2.44. The van der Waals surface area contributed by atoms with Gasteiger partial charge < -0.3 is 29.0 Å². The number of carbonyl (C=O) groups excluding carboxylic acids is 4. The first kappa shape index (κ1) is 24.4. The van der Waals surface area contributed by atoms with Gasteiger partial charge in [-0.1, -0.05) is 0 Å². The highest BCUT2D eigenvalue weighted by molar-refractivity contribution is 5.68. The fraction of sp³-hybridized carbons (Fsp3) is 0.684. The van der Waals surface area contributed by atoms with Crippen LogP contribution >= 0.6 is 0 Å². The van der Waals surface area contributed by atoms with Crippen LogP contribution < -0.4 is 5.32 Å². The Morgan fingerprint density at radius 3 is 2.03 bits per heavy atom. The van der Waals surface area contributed by atoms with Crippen LogP contribution in [0.25, 0.3) is 0 Å². The molecule has 0 spiro atoms. The monoisotopic (exact) mass is 413 g/mol. The maximum Gasteiger partial charge on any atom is 0.304 e. The summed E-state index contributed by atoms with van der Waals surface area (Å²) in [7, 11) is 0. The van der Waals surface area contributed by atoms with E-state index in [1.807, 2.05) is 0 Å². The molecule has 0 amide bonds. The van der Waals surface area contributed by atoms with Gasteiger partial charge in [-0.3, -0.25) is 19.2 Å². The summed E-state index contributed by atoms with van der Waals surface area (Å²) in [5.74, 6) is -0.0123. The number of rotatable bonds is 9. The molecule has 1 N–H and O–H groups in total. The molecule has 0 aromatic rings. The van der Waals surface area contributed by atoms with Crippen LogP contribution in [0, 0.1) is 12.3 Å². The summed E-state index contributed by atoms with van der Waals surface area (Å²) in [6.07, 6.45) is 1.96. The molecule has 1 fully saturated rings. The van der Waals surface area contributed by atoms with Gasteiger partial charge in [0.25, 0.3) is 0 Å². The van der Waals surface area contributed by atoms with Gasteiger partial charge in [0, 0.05) is 34.1 Å². The normalized spacial score (nSPS) is 26.0. The molecule has 0 bridgehead atoms. The Morgan fingerprint density at radius 2 is 1.52 bits per heavy atom. The van der Waals surface area contributed by atoms with Crippen LogP contribution in [-0.4, -0.2) is 67.7 Å². The van der Waals surface area contributed by atoms with E-state index in [1.165, 1.54) is 27.7 Å². The minimum atomic E-state index is -1.19. The van der Waals surface area contributed by atoms with Crippen LogP contribution in [-0.2, 0) is 42.9 Å². The molecule has 10 heteroatoms. The molecule has 1 unspecified atom stereocenters. The molecule has 1 aliphatic heterocycles. The zero-order valence-electron chi connectivity index (χ0n) is 17.0. The average molecular weight is 413 g/mol. The van der Waals surface area contributed by atoms with Crippen molar-refractivity contribution in [3.8, 4) is 12.3 Å². The van der Waals surface area contributed by atoms with E-state index in [9.17, 15) is 19.2 Å². The Labute approximate surface area is 169 Å². The molecule has 1 heterocycles. The summed E-state index contributed by atoms with van der Waals surface area (Å²) >= 11 is 0. The SMILES string of the molecule is C#CCCCN[C@H]1C(OC(C)=O)O[C@H](COC(C)=O)[C@@H](OC(C)=O)[C@@H]1OC(C)=O. The number of unbranched alkanes of at least 4 members (excludes halogenated alkanes) is 1. The van der Waals surface area contributed by atoms with Crippen molar-refractivity contribution in [2.75, 3.05) is 13.2 Å². The molecule has 0 saturated carbocycles. The van der Waals surface area contributed by atoms with E-state index in [1.54, 1.807) is 0 Å². The highest BCUT2D eigenvalue weighted by atomic mass is 16.7. The molecule has 1 aliphatic rings. The highest BCUT2D eigenvalue weighted by Gasteiger charge is 2.51. The molecule has 10 nitrogen and oxygen atoms in total. The minimum Gasteiger partial charge on any atom is -0.463 e. The quantitative estimate of drug-likeness (QED) is 0.240. The van der Waals surface area contributed by atoms with Crippen molar-refractivity contribution in [3.05, 3.63) is 0 Å². The number of esters is 4. The average Bonchev–Trinajstić information content (AvgIpc) is 2.59. The van der Waals surface area contributed by atoms with Crippen LogP contribution in [0.2, 0.25) is 0 Å². The topological polar surface area (TPSA) is 126 Å². The highest BCUT2D eigenvalue weighted by Crippen LogP contribution is 2.28. The standard InChI is InChI=1S/C19H27NO9/c1-6-7-8-9-20-16-18(27-13(4)23)17(26-12(3)22)15(10-25-11(2)21)29-19(16)28-14(5)24/h1,15-20H,7-10H2,2-5H3/t15-,16-,17-,18-,19?/m1/s1. The molecule has 1 saturated heterocycles. The molecule has 0 aliphatic carbocycles. The number of hydrogen-bond acceptors (Lipinski definition) is 10. The molecule has 162 valence electrons. The first-order valence-corrected chi connectivity index (χ1v) is 9.13. The van der Waals surface area contributed by atoms with E-state index >= 15 is 0 Å². The predicted molar refractivity (Wildman–Crippen MR) is 98.0 cm³/mol. The number of ether oxygens (including phenoxy) is 5. The van der Waals surface area contributed by atoms with E-state index in [2.05, 4.69) is 11.2 Å². The van der Waals surface area contributed by atoms with Crippen molar-refractivity contribution in [1.82, 2.24) is 5.32 Å². The molecule has 0 aromatic heterocycles. The summed E-state index contributed by atoms with van der Waals surface area (Å²) < 4.78 is 26.7. The molecule has 1 rings (SSSR count). The Balaban J connectivity index is 3.20. The zero-order valence-corrected chi connectivity index (χ0v) is 17.0. The summed E-state index contributed by atoms with van der Waals surface area (Å²) in [5.41, 5.74) is 0. The Bertz CT molecular complexity index is 642. The predicted octanol–water partition coefficient (Wildman–Crippen LogP) is 0.0725. The van der Waals surface area contributed by atoms with Crippen molar-refractivity contribution in [3.63, 3.8) is 0 Å². The van der Waals surface area contributed by atoms with Crippen LogP contribution in [0.5, 0.6) is 0 Å². The lowest BCUT2D eigenvalue weighted by molar-refractivity contribution is -0.271. The van der Waals surface area contributed by atoms with Crippen molar-refractivity contribution < 1.29 is 42.9 Å². The summed E-state index contributed by atoms with van der Waals surface area (Å²) in [4.78, 5) is 46.1. The van der Waals surface area contributed by atoms with E-state index in [4.69, 9.17) is 30.1 Å². The third-order valence-corrected chi connectivity index (χ3v) is 3.86. The van der Waals surface area contributed by atoms with Gasteiger partial charge in [-0.25, -0.2) is 0 Å². The summed E-state index contributed by atoms with van der Waals surface area (Å²) in [6.45, 7) is 4.87. The number of nitrogens with one attached hydrogen (secondary N) is 1. The van der Waals surface area contributed by atoms with Gasteiger partial charge in [0.1, 0.15) is 18.8 Å².